The van der Waals surface area contributed by atoms with Crippen molar-refractivity contribution in [1.82, 2.24) is 0 Å². The van der Waals surface area contributed by atoms with Crippen LogP contribution in [0.1, 0.15) is 0 Å². The topological polar surface area (TPSA) is 19.9 Å². The van der Waals surface area contributed by atoms with Gasteiger partial charge in [0.1, 0.15) is 13.2 Å². The smallest absolute Gasteiger partial charge is 0.131 e. The molecule has 0 rings (SSSR count). The molecule has 2 nitrogen and oxygen atoms in total. The molecular formula is C5H13NO+. The van der Waals surface area contributed by atoms with Crippen molar-refractivity contribution in [1.29, 1.82) is 0 Å². The molecule has 0 spiro atoms. The van der Waals surface area contributed by atoms with Crippen LogP contribution in [0.5, 0.6) is 0 Å². The first-order valence-electron chi connectivity index (χ1n) is 2.45. The second-order valence-electron chi connectivity index (χ2n) is 2.72. The Bertz CT molecular complexity index is 46.5. The van der Waals surface area contributed by atoms with E-state index in [9.17, 15) is 5.11 Å². The second-order valence-corrected chi connectivity index (χ2v) is 2.72. The van der Waals surface area contributed by atoms with Gasteiger partial charge in [-0.05, 0) is 0 Å². The zero-order valence-electron chi connectivity index (χ0n) is 5.27. The van der Waals surface area contributed by atoms with Gasteiger partial charge in [-0.1, -0.05) is 0 Å². The summed E-state index contributed by atoms with van der Waals surface area (Å²) in [5.41, 5.74) is 0. The molecule has 1 radical (unpaired) electrons. The van der Waals surface area contributed by atoms with Gasteiger partial charge in [0.25, 0.3) is 0 Å². The zero-order chi connectivity index (χ0) is 5.91. The van der Waals surface area contributed by atoms with Crippen molar-refractivity contribution in [3.8, 4) is 0 Å². The van der Waals surface area contributed by atoms with E-state index in [-0.39, 0.29) is 6.61 Å². The average Bonchev–Trinajstić information content (AvgIpc) is 1.30. The van der Waals surface area contributed by atoms with Gasteiger partial charge in [-0.15, -0.1) is 0 Å². The van der Waals surface area contributed by atoms with Crippen LogP contribution < -0.4 is 0 Å². The molecule has 43 valence electrons. The highest BCUT2D eigenvalue weighted by molar-refractivity contribution is 4.18. The molecule has 0 bridgehead atoms. The van der Waals surface area contributed by atoms with Crippen LogP contribution in [-0.4, -0.2) is 38.8 Å². The summed E-state index contributed by atoms with van der Waals surface area (Å²) in [4.78, 5) is 0. The molecule has 0 aromatic rings. The molecule has 0 fully saturated rings. The largest absolute Gasteiger partial charge is 0.329 e. The molecule has 0 unspecified atom stereocenters. The van der Waals surface area contributed by atoms with Crippen molar-refractivity contribution < 1.29 is 9.59 Å². The summed E-state index contributed by atoms with van der Waals surface area (Å²) in [5, 5.41) is 9.93. The van der Waals surface area contributed by atoms with E-state index < -0.39 is 0 Å². The Morgan fingerprint density at radius 3 is 1.71 bits per heavy atom. The SMILES string of the molecule is C[N+](C)(C)CC[O]. The van der Waals surface area contributed by atoms with Crippen LogP contribution in [0.2, 0.25) is 0 Å². The van der Waals surface area contributed by atoms with Crippen molar-refractivity contribution in [2.45, 2.75) is 0 Å². The summed E-state index contributed by atoms with van der Waals surface area (Å²) >= 11 is 0. The number of quaternary nitrogens is 1. The molecule has 0 amide bonds. The lowest BCUT2D eigenvalue weighted by Gasteiger charge is -2.21. The first-order chi connectivity index (χ1) is 3.06. The maximum Gasteiger partial charge on any atom is 0.131 e. The molecule has 0 atom stereocenters. The first-order valence-corrected chi connectivity index (χ1v) is 2.45. The van der Waals surface area contributed by atoms with Crippen LogP contribution in [0.15, 0.2) is 0 Å². The van der Waals surface area contributed by atoms with E-state index in [4.69, 9.17) is 0 Å². The van der Waals surface area contributed by atoms with Gasteiger partial charge in [0, 0.05) is 0 Å². The third-order valence-electron chi connectivity index (χ3n) is 0.762. The van der Waals surface area contributed by atoms with Crippen LogP contribution in [0.25, 0.3) is 0 Å². The molecule has 7 heavy (non-hydrogen) atoms. The molecule has 0 aliphatic carbocycles. The quantitative estimate of drug-likeness (QED) is 0.442. The maximum absolute atomic E-state index is 9.93. The van der Waals surface area contributed by atoms with E-state index in [0.717, 1.165) is 11.0 Å². The number of rotatable bonds is 2. The highest BCUT2D eigenvalue weighted by atomic mass is 16.3. The molecule has 0 heterocycles. The predicted octanol–water partition coefficient (Wildman–Crippen LogP) is 0.123. The van der Waals surface area contributed by atoms with Crippen molar-refractivity contribution in [3.63, 3.8) is 0 Å². The van der Waals surface area contributed by atoms with Crippen molar-refractivity contribution in [2.24, 2.45) is 0 Å². The average molecular weight is 103 g/mol. The van der Waals surface area contributed by atoms with Gasteiger partial charge >= 0.3 is 0 Å². The first kappa shape index (κ1) is 6.92. The van der Waals surface area contributed by atoms with Gasteiger partial charge < -0.3 is 4.48 Å². The highest BCUT2D eigenvalue weighted by Crippen LogP contribution is 1.85. The minimum absolute atomic E-state index is 0.0312. The predicted molar refractivity (Wildman–Crippen MR) is 28.5 cm³/mol. The van der Waals surface area contributed by atoms with E-state index in [1.165, 1.54) is 0 Å². The minimum atomic E-state index is 0.0312. The van der Waals surface area contributed by atoms with Gasteiger partial charge in [0.05, 0.1) is 21.1 Å². The van der Waals surface area contributed by atoms with E-state index in [0.29, 0.717) is 0 Å². The van der Waals surface area contributed by atoms with Gasteiger partial charge in [-0.25, -0.2) is 5.11 Å². The Hall–Kier alpha value is -0.0800. The molecule has 0 aromatic heterocycles. The van der Waals surface area contributed by atoms with Crippen LogP contribution in [0.4, 0.5) is 0 Å². The van der Waals surface area contributed by atoms with E-state index in [1.807, 2.05) is 21.1 Å². The number of hydrogen-bond donors (Lipinski definition) is 0. The molecule has 0 saturated heterocycles. The number of hydrogen-bond acceptors (Lipinski definition) is 0. The molecular weight excluding hydrogens is 90.1 g/mol. The summed E-state index contributed by atoms with van der Waals surface area (Å²) in [6.07, 6.45) is 0. The maximum atomic E-state index is 9.93. The molecule has 0 N–H and O–H groups in total. The summed E-state index contributed by atoms with van der Waals surface area (Å²) < 4.78 is 0.781. The lowest BCUT2D eigenvalue weighted by Crippen LogP contribution is -2.36. The van der Waals surface area contributed by atoms with E-state index >= 15 is 0 Å². The van der Waals surface area contributed by atoms with Crippen molar-refractivity contribution in [3.05, 3.63) is 0 Å². The van der Waals surface area contributed by atoms with Crippen molar-refractivity contribution >= 4 is 0 Å². The van der Waals surface area contributed by atoms with Crippen molar-refractivity contribution in [2.75, 3.05) is 34.3 Å². The van der Waals surface area contributed by atoms with Crippen LogP contribution in [0, 0.1) is 0 Å². The lowest BCUT2D eigenvalue weighted by molar-refractivity contribution is -0.871. The summed E-state index contributed by atoms with van der Waals surface area (Å²) in [7, 11) is 6.04. The fraction of sp³-hybridized carbons (Fsp3) is 1.00. The van der Waals surface area contributed by atoms with Gasteiger partial charge in [0.2, 0.25) is 0 Å². The third kappa shape index (κ3) is 5.92. The molecule has 0 aliphatic rings. The fourth-order valence-corrected chi connectivity index (χ4v) is 0.274. The molecule has 0 saturated carbocycles. The molecule has 2 heteroatoms. The van der Waals surface area contributed by atoms with E-state index in [2.05, 4.69) is 0 Å². The Balaban J connectivity index is 3.15. The molecule has 0 aliphatic heterocycles. The minimum Gasteiger partial charge on any atom is -0.329 e. The second kappa shape index (κ2) is 2.28. The monoisotopic (exact) mass is 103 g/mol. The van der Waals surface area contributed by atoms with Crippen LogP contribution in [-0.2, 0) is 5.11 Å². The number of likely N-dealkylation sites (N-methyl/N-ethyl adjacent to an activating group) is 1. The third-order valence-corrected chi connectivity index (χ3v) is 0.762. The Kier molecular flexibility index (Phi) is 2.26. The Labute approximate surface area is 45.0 Å². The van der Waals surface area contributed by atoms with E-state index in [1.54, 1.807) is 0 Å². The standard InChI is InChI=1S/C5H13NO/c1-6(2,3)4-5-7/h4-5H2,1-3H3/q+1. The highest BCUT2D eigenvalue weighted by Gasteiger charge is 2.03. The van der Waals surface area contributed by atoms with Crippen LogP contribution >= 0.6 is 0 Å². The van der Waals surface area contributed by atoms with Gasteiger partial charge in [0.15, 0.2) is 0 Å². The summed E-state index contributed by atoms with van der Waals surface area (Å²) in [5.74, 6) is 0. The fourth-order valence-electron chi connectivity index (χ4n) is 0.274. The zero-order valence-corrected chi connectivity index (χ0v) is 5.27. The normalized spacial score (nSPS) is 12.0. The van der Waals surface area contributed by atoms with Gasteiger partial charge in [-0.3, -0.25) is 0 Å². The Morgan fingerprint density at radius 1 is 1.29 bits per heavy atom. The lowest BCUT2D eigenvalue weighted by atomic mass is 10.5. The number of nitrogens with zero attached hydrogens (tertiary/aromatic N) is 1. The Morgan fingerprint density at radius 2 is 1.71 bits per heavy atom. The summed E-state index contributed by atoms with van der Waals surface area (Å²) in [6, 6.07) is 0. The van der Waals surface area contributed by atoms with Gasteiger partial charge in [-0.2, -0.15) is 0 Å². The summed E-state index contributed by atoms with van der Waals surface area (Å²) in [6.45, 7) is 0.753. The van der Waals surface area contributed by atoms with Crippen LogP contribution in [0.3, 0.4) is 0 Å². The molecule has 0 aromatic carbocycles.